The Hall–Kier alpha value is -3.39. The monoisotopic (exact) mass is 603 g/mol. The summed E-state index contributed by atoms with van der Waals surface area (Å²) < 4.78 is 28.5. The molecule has 43 heavy (non-hydrogen) atoms. The Balaban J connectivity index is 1.19. The molecule has 7 nitrogen and oxygen atoms in total. The Labute approximate surface area is 256 Å². The van der Waals surface area contributed by atoms with Crippen LogP contribution in [0.4, 0.5) is 4.79 Å². The highest BCUT2D eigenvalue weighted by molar-refractivity contribution is 7.90. The maximum Gasteiger partial charge on any atom is 0.329 e. The number of benzene rings is 2. The number of rotatable bonds is 8. The van der Waals surface area contributed by atoms with Crippen LogP contribution in [0.5, 0.6) is 0 Å². The minimum Gasteiger partial charge on any atom is -0.352 e. The average Bonchev–Trinajstić information content (AvgIpc) is 2.97. The zero-order chi connectivity index (χ0) is 30.9. The van der Waals surface area contributed by atoms with Gasteiger partial charge in [0.05, 0.1) is 4.90 Å². The van der Waals surface area contributed by atoms with Crippen LogP contribution in [0.2, 0.25) is 0 Å². The number of hydrogen-bond donors (Lipinski definition) is 3. The molecule has 0 heterocycles. The zero-order valence-corrected chi connectivity index (χ0v) is 26.4. The van der Waals surface area contributed by atoms with Crippen molar-refractivity contribution >= 4 is 22.0 Å². The minimum absolute atomic E-state index is 0.0241. The summed E-state index contributed by atoms with van der Waals surface area (Å²) in [5.74, 6) is 0.560. The van der Waals surface area contributed by atoms with Crippen molar-refractivity contribution in [3.05, 3.63) is 90.0 Å². The van der Waals surface area contributed by atoms with Gasteiger partial charge in [-0.2, -0.15) is 0 Å². The zero-order valence-electron chi connectivity index (χ0n) is 25.6. The molecule has 3 aliphatic carbocycles. The quantitative estimate of drug-likeness (QED) is 0.298. The molecule has 230 valence electrons. The first-order valence-electron chi connectivity index (χ1n) is 15.5. The number of nitrogens with one attached hydrogen (secondary N) is 3. The van der Waals surface area contributed by atoms with Gasteiger partial charge < -0.3 is 10.6 Å². The van der Waals surface area contributed by atoms with Crippen LogP contribution in [-0.4, -0.2) is 32.4 Å². The fourth-order valence-electron chi connectivity index (χ4n) is 8.07. The molecule has 0 unspecified atom stereocenters. The van der Waals surface area contributed by atoms with Gasteiger partial charge in [0.25, 0.3) is 15.9 Å². The van der Waals surface area contributed by atoms with Crippen LogP contribution in [0.25, 0.3) is 0 Å². The van der Waals surface area contributed by atoms with Gasteiger partial charge in [-0.25, -0.2) is 17.9 Å². The van der Waals surface area contributed by atoms with E-state index in [1.165, 1.54) is 17.7 Å². The van der Waals surface area contributed by atoms with Gasteiger partial charge in [-0.3, -0.25) is 4.79 Å². The number of carbonyl (C=O) groups excluding carboxylic acids is 2. The fourth-order valence-corrected chi connectivity index (χ4v) is 8.98. The third-order valence-corrected chi connectivity index (χ3v) is 11.9. The van der Waals surface area contributed by atoms with Crippen LogP contribution in [0.3, 0.4) is 0 Å². The van der Waals surface area contributed by atoms with Crippen molar-refractivity contribution in [2.45, 2.75) is 82.6 Å². The lowest BCUT2D eigenvalue weighted by Crippen LogP contribution is -2.63. The van der Waals surface area contributed by atoms with Gasteiger partial charge in [-0.15, -0.1) is 6.58 Å². The van der Waals surface area contributed by atoms with Crippen LogP contribution < -0.4 is 15.4 Å². The maximum absolute atomic E-state index is 13.2. The normalized spacial score (nSPS) is 30.2. The highest BCUT2D eigenvalue weighted by atomic mass is 32.2. The molecule has 3 N–H and O–H groups in total. The van der Waals surface area contributed by atoms with Crippen molar-refractivity contribution in [1.29, 1.82) is 0 Å². The number of carbonyl (C=O) groups is 2. The van der Waals surface area contributed by atoms with Gasteiger partial charge in [0.1, 0.15) is 0 Å². The SMILES string of the molecule is C=C[C@@]1(C)CC[C@H]2C(=CC[C@@H]3[C@]2(C)CCC[C@@]3(C)NC(=O)NS(=O)(=O)c2ccc(CCNC(=O)c3ccccc3)cc2)C1. The summed E-state index contributed by atoms with van der Waals surface area (Å²) in [5, 5.41) is 5.99. The Morgan fingerprint density at radius 2 is 1.72 bits per heavy atom. The molecule has 5 rings (SSSR count). The number of sulfonamides is 1. The molecule has 3 amide bonds. The van der Waals surface area contributed by atoms with Crippen molar-refractivity contribution in [3.8, 4) is 0 Å². The maximum atomic E-state index is 13.2. The molecular weight excluding hydrogens is 558 g/mol. The summed E-state index contributed by atoms with van der Waals surface area (Å²) in [7, 11) is -4.06. The van der Waals surface area contributed by atoms with Gasteiger partial charge in [-0.1, -0.05) is 68.3 Å². The fraction of sp³-hybridized carbons (Fsp3) is 0.486. The molecule has 2 saturated carbocycles. The number of fused-ring (bicyclic) bond motifs is 3. The summed E-state index contributed by atoms with van der Waals surface area (Å²) in [6.45, 7) is 11.3. The highest BCUT2D eigenvalue weighted by Gasteiger charge is 2.56. The molecule has 2 aromatic rings. The molecular formula is C35H45N3O4S. The van der Waals surface area contributed by atoms with Gasteiger partial charge >= 0.3 is 6.03 Å². The van der Waals surface area contributed by atoms with E-state index in [9.17, 15) is 18.0 Å². The molecule has 2 aromatic carbocycles. The summed E-state index contributed by atoms with van der Waals surface area (Å²) in [5.41, 5.74) is 2.70. The topological polar surface area (TPSA) is 104 Å². The van der Waals surface area contributed by atoms with Crippen LogP contribution in [0.1, 0.15) is 81.6 Å². The lowest BCUT2D eigenvalue weighted by atomic mass is 9.47. The summed E-state index contributed by atoms with van der Waals surface area (Å²) >= 11 is 0. The number of amides is 3. The van der Waals surface area contributed by atoms with E-state index < -0.39 is 21.6 Å². The van der Waals surface area contributed by atoms with Crippen LogP contribution in [-0.2, 0) is 16.4 Å². The highest BCUT2D eigenvalue weighted by Crippen LogP contribution is 2.61. The van der Waals surface area contributed by atoms with Crippen LogP contribution in [0, 0.1) is 22.7 Å². The van der Waals surface area contributed by atoms with Crippen molar-refractivity contribution in [1.82, 2.24) is 15.4 Å². The smallest absolute Gasteiger partial charge is 0.329 e. The standard InChI is InChI=1S/C35H45N3O4S/c1-5-33(2)22-18-29-27(24-33)14-17-30-34(29,3)20-9-21-35(30,4)37-32(40)38-43(41,42)28-15-12-25(13-16-28)19-23-36-31(39)26-10-7-6-8-11-26/h5-8,10-16,29-30H,1,9,17-24H2,2-4H3,(H,36,39)(H2,37,38,40)/t29-,30+,33-,34+,35+/m0/s1. The van der Waals surface area contributed by atoms with Crippen molar-refractivity contribution in [2.24, 2.45) is 22.7 Å². The Morgan fingerprint density at radius 3 is 2.42 bits per heavy atom. The largest absolute Gasteiger partial charge is 0.352 e. The van der Waals surface area contributed by atoms with Crippen molar-refractivity contribution < 1.29 is 18.0 Å². The Morgan fingerprint density at radius 1 is 1.00 bits per heavy atom. The second kappa shape index (κ2) is 11.9. The van der Waals surface area contributed by atoms with E-state index in [0.29, 0.717) is 24.4 Å². The van der Waals surface area contributed by atoms with E-state index in [1.54, 1.807) is 24.3 Å². The Bertz CT molecular complexity index is 1500. The van der Waals surface area contributed by atoms with E-state index in [4.69, 9.17) is 0 Å². The first-order chi connectivity index (χ1) is 20.4. The van der Waals surface area contributed by atoms with E-state index in [1.807, 2.05) is 18.2 Å². The van der Waals surface area contributed by atoms with E-state index in [2.05, 4.69) is 54.9 Å². The van der Waals surface area contributed by atoms with Crippen molar-refractivity contribution in [3.63, 3.8) is 0 Å². The van der Waals surface area contributed by atoms with E-state index >= 15 is 0 Å². The van der Waals surface area contributed by atoms with E-state index in [-0.39, 0.29) is 27.6 Å². The number of allylic oxidation sites excluding steroid dienone is 3. The third kappa shape index (κ3) is 6.44. The average molecular weight is 604 g/mol. The van der Waals surface area contributed by atoms with Crippen molar-refractivity contribution in [2.75, 3.05) is 6.54 Å². The van der Waals surface area contributed by atoms with E-state index in [0.717, 1.165) is 50.5 Å². The second-order valence-corrected chi connectivity index (χ2v) is 15.2. The third-order valence-electron chi connectivity index (χ3n) is 10.5. The van der Waals surface area contributed by atoms with Gasteiger partial charge in [0.15, 0.2) is 0 Å². The molecule has 5 atom stereocenters. The summed E-state index contributed by atoms with van der Waals surface area (Å²) in [6, 6.07) is 14.7. The lowest BCUT2D eigenvalue weighted by molar-refractivity contribution is -0.0271. The lowest BCUT2D eigenvalue weighted by Gasteiger charge is -2.59. The molecule has 8 heteroatoms. The summed E-state index contributed by atoms with van der Waals surface area (Å²) in [4.78, 5) is 25.5. The molecule has 3 aliphatic rings. The van der Waals surface area contributed by atoms with Crippen LogP contribution in [0.15, 0.2) is 83.8 Å². The molecule has 2 fully saturated rings. The first kappa shape index (κ1) is 31.0. The Kier molecular flexibility index (Phi) is 8.63. The molecule has 0 spiro atoms. The molecule has 0 bridgehead atoms. The van der Waals surface area contributed by atoms with Gasteiger partial charge in [0.2, 0.25) is 0 Å². The van der Waals surface area contributed by atoms with Gasteiger partial charge in [-0.05, 0) is 104 Å². The molecule has 0 aliphatic heterocycles. The number of urea groups is 1. The molecule has 0 radical (unpaired) electrons. The predicted molar refractivity (Wildman–Crippen MR) is 170 cm³/mol. The number of hydrogen-bond acceptors (Lipinski definition) is 4. The van der Waals surface area contributed by atoms with Gasteiger partial charge in [0, 0.05) is 17.6 Å². The predicted octanol–water partition coefficient (Wildman–Crippen LogP) is 6.53. The molecule has 0 aromatic heterocycles. The molecule has 0 saturated heterocycles. The first-order valence-corrected chi connectivity index (χ1v) is 17.0. The second-order valence-electron chi connectivity index (χ2n) is 13.5. The van der Waals surface area contributed by atoms with Crippen LogP contribution >= 0.6 is 0 Å². The summed E-state index contributed by atoms with van der Waals surface area (Å²) in [6.07, 6.45) is 12.1. The minimum atomic E-state index is -4.06.